The van der Waals surface area contributed by atoms with E-state index in [2.05, 4.69) is 53.5 Å². The molecule has 4 aromatic carbocycles. The average molecular weight is 608 g/mol. The van der Waals surface area contributed by atoms with E-state index in [1.807, 2.05) is 78.2 Å². The standard InChI is InChI=1S/C37H37NO5S/c1-5-13-28(14-6-1)23-39-27-32-33(40-24-29-15-7-2-8-16-29)34(41-25-30-17-9-3-10-18-30)35(36(43-32)37-38-21-22-44-37)42-26-31-19-11-4-12-20-31/h1-22,32-36H,23-27H2/t32-,33-,34+,35-,36+/m1/s1. The van der Waals surface area contributed by atoms with Crippen molar-refractivity contribution >= 4 is 11.3 Å². The molecule has 1 aliphatic rings. The molecule has 0 unspecified atom stereocenters. The maximum atomic E-state index is 6.85. The second kappa shape index (κ2) is 15.9. The lowest BCUT2D eigenvalue weighted by Gasteiger charge is -2.45. The molecule has 0 bridgehead atoms. The summed E-state index contributed by atoms with van der Waals surface area (Å²) < 4.78 is 33.3. The number of rotatable bonds is 14. The molecule has 7 heteroatoms. The summed E-state index contributed by atoms with van der Waals surface area (Å²) in [6.45, 7) is 2.01. The molecule has 2 heterocycles. The molecular formula is C37H37NO5S. The Bertz CT molecular complexity index is 1490. The van der Waals surface area contributed by atoms with Crippen molar-refractivity contribution in [1.29, 1.82) is 0 Å². The summed E-state index contributed by atoms with van der Waals surface area (Å²) in [5.41, 5.74) is 4.32. The average Bonchev–Trinajstić information content (AvgIpc) is 3.63. The molecule has 0 saturated carbocycles. The fourth-order valence-electron chi connectivity index (χ4n) is 5.36. The van der Waals surface area contributed by atoms with Crippen LogP contribution in [0.2, 0.25) is 0 Å². The summed E-state index contributed by atoms with van der Waals surface area (Å²) in [4.78, 5) is 4.66. The fraction of sp³-hybridized carbons (Fsp3) is 0.270. The number of aromatic nitrogens is 1. The summed E-state index contributed by atoms with van der Waals surface area (Å²) in [5, 5.41) is 2.80. The maximum Gasteiger partial charge on any atom is 0.138 e. The number of hydrogen-bond donors (Lipinski definition) is 0. The van der Waals surface area contributed by atoms with Gasteiger partial charge in [0.05, 0.1) is 33.0 Å². The minimum atomic E-state index is -0.476. The lowest BCUT2D eigenvalue weighted by Crippen LogP contribution is -2.58. The number of thiazole rings is 1. The van der Waals surface area contributed by atoms with Crippen molar-refractivity contribution in [3.63, 3.8) is 0 Å². The van der Waals surface area contributed by atoms with E-state index in [0.717, 1.165) is 27.3 Å². The molecule has 0 N–H and O–H groups in total. The third-order valence-electron chi connectivity index (χ3n) is 7.58. The van der Waals surface area contributed by atoms with E-state index in [9.17, 15) is 0 Å². The van der Waals surface area contributed by atoms with Crippen LogP contribution in [-0.2, 0) is 50.1 Å². The van der Waals surface area contributed by atoms with Gasteiger partial charge in [-0.3, -0.25) is 0 Å². The number of benzene rings is 4. The van der Waals surface area contributed by atoms with Crippen LogP contribution in [0, 0.1) is 0 Å². The van der Waals surface area contributed by atoms with Gasteiger partial charge in [0.1, 0.15) is 35.5 Å². The molecule has 1 saturated heterocycles. The molecular weight excluding hydrogens is 570 g/mol. The predicted molar refractivity (Wildman–Crippen MR) is 171 cm³/mol. The van der Waals surface area contributed by atoms with Crippen molar-refractivity contribution in [2.24, 2.45) is 0 Å². The molecule has 6 rings (SSSR count). The van der Waals surface area contributed by atoms with E-state index >= 15 is 0 Å². The minimum absolute atomic E-state index is 0.326. The molecule has 6 nitrogen and oxygen atoms in total. The van der Waals surface area contributed by atoms with Gasteiger partial charge in [-0.15, -0.1) is 11.3 Å². The Labute approximate surface area is 263 Å². The summed E-state index contributed by atoms with van der Waals surface area (Å²) in [6, 6.07) is 40.7. The van der Waals surface area contributed by atoms with E-state index in [0.29, 0.717) is 33.0 Å². The van der Waals surface area contributed by atoms with Crippen LogP contribution >= 0.6 is 11.3 Å². The zero-order chi connectivity index (χ0) is 29.8. The van der Waals surface area contributed by atoms with Gasteiger partial charge >= 0.3 is 0 Å². The smallest absolute Gasteiger partial charge is 0.138 e. The van der Waals surface area contributed by atoms with Gasteiger partial charge in [0.15, 0.2) is 0 Å². The molecule has 0 spiro atoms. The fourth-order valence-corrected chi connectivity index (χ4v) is 6.07. The zero-order valence-electron chi connectivity index (χ0n) is 24.5. The Morgan fingerprint density at radius 3 is 1.48 bits per heavy atom. The van der Waals surface area contributed by atoms with E-state index < -0.39 is 30.5 Å². The SMILES string of the molecule is c1ccc(COC[C@H]2O[C@H](c3nccs3)[C@H](OCc3ccccc3)[C@@H](OCc3ccccc3)[C@@H]2OCc2ccccc2)cc1. The number of hydrogen-bond acceptors (Lipinski definition) is 7. The Morgan fingerprint density at radius 1 is 0.545 bits per heavy atom. The summed E-state index contributed by atoms with van der Waals surface area (Å²) >= 11 is 1.55. The first-order valence-electron chi connectivity index (χ1n) is 15.0. The first-order valence-corrected chi connectivity index (χ1v) is 15.8. The molecule has 5 atom stereocenters. The van der Waals surface area contributed by atoms with E-state index in [-0.39, 0.29) is 0 Å². The topological polar surface area (TPSA) is 59.0 Å². The predicted octanol–water partition coefficient (Wildman–Crippen LogP) is 7.56. The molecule has 1 aromatic heterocycles. The molecule has 0 amide bonds. The minimum Gasteiger partial charge on any atom is -0.374 e. The highest BCUT2D eigenvalue weighted by molar-refractivity contribution is 7.09. The quantitative estimate of drug-likeness (QED) is 0.130. The zero-order valence-corrected chi connectivity index (χ0v) is 25.3. The van der Waals surface area contributed by atoms with Crippen LogP contribution in [0.25, 0.3) is 0 Å². The van der Waals surface area contributed by atoms with E-state index in [4.69, 9.17) is 23.7 Å². The van der Waals surface area contributed by atoms with Crippen LogP contribution in [0.3, 0.4) is 0 Å². The van der Waals surface area contributed by atoms with Gasteiger partial charge in [-0.1, -0.05) is 121 Å². The van der Waals surface area contributed by atoms with E-state index in [1.54, 1.807) is 17.5 Å². The lowest BCUT2D eigenvalue weighted by atomic mass is 9.94. The molecule has 1 fully saturated rings. The Kier molecular flexibility index (Phi) is 10.9. The van der Waals surface area contributed by atoms with Gasteiger partial charge in [-0.25, -0.2) is 4.98 Å². The second-order valence-corrected chi connectivity index (χ2v) is 11.7. The summed E-state index contributed by atoms with van der Waals surface area (Å²) in [7, 11) is 0. The Balaban J connectivity index is 1.31. The molecule has 44 heavy (non-hydrogen) atoms. The molecule has 0 aliphatic carbocycles. The number of nitrogens with zero attached hydrogens (tertiary/aromatic N) is 1. The molecule has 0 radical (unpaired) electrons. The monoisotopic (exact) mass is 607 g/mol. The van der Waals surface area contributed by atoms with Gasteiger partial charge in [0.25, 0.3) is 0 Å². The lowest BCUT2D eigenvalue weighted by molar-refractivity contribution is -0.275. The van der Waals surface area contributed by atoms with Crippen LogP contribution in [0.5, 0.6) is 0 Å². The summed E-state index contributed by atoms with van der Waals surface area (Å²) in [5.74, 6) is 0. The van der Waals surface area contributed by atoms with Crippen molar-refractivity contribution < 1.29 is 23.7 Å². The van der Waals surface area contributed by atoms with Crippen LogP contribution in [0.1, 0.15) is 33.4 Å². The third-order valence-corrected chi connectivity index (χ3v) is 8.42. The van der Waals surface area contributed by atoms with E-state index in [1.165, 1.54) is 0 Å². The van der Waals surface area contributed by atoms with Crippen LogP contribution in [-0.4, -0.2) is 36.0 Å². The van der Waals surface area contributed by atoms with Crippen molar-refractivity contribution in [2.45, 2.75) is 56.9 Å². The first kappa shape index (κ1) is 30.3. The Hall–Kier alpha value is -3.69. The second-order valence-electron chi connectivity index (χ2n) is 10.7. The van der Waals surface area contributed by atoms with Crippen molar-refractivity contribution in [2.75, 3.05) is 6.61 Å². The number of ether oxygens (including phenoxy) is 5. The summed E-state index contributed by atoms with van der Waals surface area (Å²) in [6.07, 6.45) is -0.482. The van der Waals surface area contributed by atoms with Gasteiger partial charge in [-0.2, -0.15) is 0 Å². The maximum absolute atomic E-state index is 6.85. The van der Waals surface area contributed by atoms with Crippen LogP contribution < -0.4 is 0 Å². The molecule has 226 valence electrons. The van der Waals surface area contributed by atoms with Gasteiger partial charge in [0.2, 0.25) is 0 Å². The highest BCUT2D eigenvalue weighted by Crippen LogP contribution is 2.39. The van der Waals surface area contributed by atoms with Crippen molar-refractivity contribution in [3.8, 4) is 0 Å². The van der Waals surface area contributed by atoms with Gasteiger partial charge in [0, 0.05) is 11.6 Å². The highest BCUT2D eigenvalue weighted by Gasteiger charge is 2.49. The van der Waals surface area contributed by atoms with Gasteiger partial charge in [-0.05, 0) is 22.3 Å². The molecule has 1 aliphatic heterocycles. The normalized spacial score (nSPS) is 21.7. The van der Waals surface area contributed by atoms with Crippen molar-refractivity contribution in [3.05, 3.63) is 160 Å². The first-order chi connectivity index (χ1) is 21.8. The molecule has 5 aromatic rings. The van der Waals surface area contributed by atoms with Crippen LogP contribution in [0.15, 0.2) is 133 Å². The highest BCUT2D eigenvalue weighted by atomic mass is 32.1. The van der Waals surface area contributed by atoms with Crippen molar-refractivity contribution in [1.82, 2.24) is 4.98 Å². The third kappa shape index (κ3) is 8.27. The largest absolute Gasteiger partial charge is 0.374 e. The Morgan fingerprint density at radius 2 is 1.00 bits per heavy atom. The van der Waals surface area contributed by atoms with Crippen LogP contribution in [0.4, 0.5) is 0 Å². The van der Waals surface area contributed by atoms with Gasteiger partial charge < -0.3 is 23.7 Å².